The molecule has 4 heterocycles. The second kappa shape index (κ2) is 4.65. The van der Waals surface area contributed by atoms with Crippen LogP contribution in [0.25, 0.3) is 5.78 Å². The van der Waals surface area contributed by atoms with Gasteiger partial charge in [-0.2, -0.15) is 0 Å². The highest BCUT2D eigenvalue weighted by Crippen LogP contribution is 2.48. The summed E-state index contributed by atoms with van der Waals surface area (Å²) in [5, 5.41) is 0. The molecule has 0 aliphatic carbocycles. The van der Waals surface area contributed by atoms with E-state index >= 15 is 0 Å². The molecule has 3 aromatic heterocycles. The van der Waals surface area contributed by atoms with Crippen LogP contribution in [0.2, 0.25) is 0 Å². The van der Waals surface area contributed by atoms with E-state index in [1.165, 1.54) is 0 Å². The van der Waals surface area contributed by atoms with Gasteiger partial charge in [0.25, 0.3) is 5.91 Å². The molecular weight excluding hydrogens is 292 g/mol. The van der Waals surface area contributed by atoms with Crippen molar-refractivity contribution in [2.24, 2.45) is 12.5 Å². The standard InChI is InChI=1S/C16H18N6O/c1-16(2)10-22(12(16)13-17-6-8-20(13)3)14(23)11-9-21-7-4-5-18-15(21)19-11/h4-9,12H,10H2,1-3H3. The van der Waals surface area contributed by atoms with Gasteiger partial charge in [-0.1, -0.05) is 13.8 Å². The molecule has 1 aliphatic heterocycles. The summed E-state index contributed by atoms with van der Waals surface area (Å²) in [7, 11) is 1.95. The fourth-order valence-corrected chi connectivity index (χ4v) is 3.32. The van der Waals surface area contributed by atoms with E-state index in [9.17, 15) is 4.79 Å². The molecule has 0 saturated carbocycles. The van der Waals surface area contributed by atoms with Gasteiger partial charge in [0.15, 0.2) is 0 Å². The van der Waals surface area contributed by atoms with Gasteiger partial charge in [-0.3, -0.25) is 9.20 Å². The van der Waals surface area contributed by atoms with E-state index in [2.05, 4.69) is 28.8 Å². The summed E-state index contributed by atoms with van der Waals surface area (Å²) >= 11 is 0. The third-order valence-corrected chi connectivity index (χ3v) is 4.45. The number of rotatable bonds is 2. The van der Waals surface area contributed by atoms with Gasteiger partial charge >= 0.3 is 0 Å². The molecule has 4 rings (SSSR count). The number of likely N-dealkylation sites (tertiary alicyclic amines) is 1. The molecule has 1 unspecified atom stereocenters. The summed E-state index contributed by atoms with van der Waals surface area (Å²) in [6.45, 7) is 4.99. The molecule has 1 amide bonds. The molecule has 1 fully saturated rings. The summed E-state index contributed by atoms with van der Waals surface area (Å²) in [6.07, 6.45) is 8.90. The lowest BCUT2D eigenvalue weighted by atomic mass is 9.74. The monoisotopic (exact) mass is 310 g/mol. The summed E-state index contributed by atoms with van der Waals surface area (Å²) in [4.78, 5) is 27.7. The number of fused-ring (bicyclic) bond motifs is 1. The van der Waals surface area contributed by atoms with Gasteiger partial charge in [-0.05, 0) is 6.07 Å². The van der Waals surface area contributed by atoms with Gasteiger partial charge in [-0.25, -0.2) is 15.0 Å². The summed E-state index contributed by atoms with van der Waals surface area (Å²) < 4.78 is 3.73. The molecule has 23 heavy (non-hydrogen) atoms. The molecule has 1 atom stereocenters. The van der Waals surface area contributed by atoms with Crippen LogP contribution in [0.5, 0.6) is 0 Å². The van der Waals surface area contributed by atoms with Crippen molar-refractivity contribution in [3.05, 3.63) is 48.6 Å². The van der Waals surface area contributed by atoms with Crippen LogP contribution in [0.4, 0.5) is 0 Å². The van der Waals surface area contributed by atoms with Crippen LogP contribution >= 0.6 is 0 Å². The van der Waals surface area contributed by atoms with Crippen LogP contribution in [0.1, 0.15) is 36.2 Å². The van der Waals surface area contributed by atoms with Crippen molar-refractivity contribution < 1.29 is 4.79 Å². The minimum absolute atomic E-state index is 0.00776. The maximum Gasteiger partial charge on any atom is 0.274 e. The predicted octanol–water partition coefficient (Wildman–Crippen LogP) is 1.69. The molecule has 7 nitrogen and oxygen atoms in total. The van der Waals surface area contributed by atoms with Gasteiger partial charge in [0, 0.05) is 50.0 Å². The fourth-order valence-electron chi connectivity index (χ4n) is 3.32. The van der Waals surface area contributed by atoms with Crippen molar-refractivity contribution in [1.29, 1.82) is 0 Å². The summed E-state index contributed by atoms with van der Waals surface area (Å²) in [5.74, 6) is 1.35. The van der Waals surface area contributed by atoms with Gasteiger partial charge in [0.2, 0.25) is 5.78 Å². The lowest BCUT2D eigenvalue weighted by Crippen LogP contribution is -2.58. The van der Waals surface area contributed by atoms with E-state index in [0.717, 1.165) is 5.82 Å². The molecule has 0 aromatic carbocycles. The third-order valence-electron chi connectivity index (χ3n) is 4.45. The first-order chi connectivity index (χ1) is 11.0. The maximum absolute atomic E-state index is 12.9. The summed E-state index contributed by atoms with van der Waals surface area (Å²) in [6, 6.07) is 1.76. The van der Waals surface area contributed by atoms with E-state index in [0.29, 0.717) is 18.0 Å². The van der Waals surface area contributed by atoms with Gasteiger partial charge in [0.1, 0.15) is 11.5 Å². The Balaban J connectivity index is 1.69. The van der Waals surface area contributed by atoms with E-state index in [1.54, 1.807) is 23.0 Å². The Hall–Kier alpha value is -2.70. The Bertz CT molecular complexity index is 860. The number of nitrogens with zero attached hydrogens (tertiary/aromatic N) is 6. The number of carbonyl (C=O) groups excluding carboxylic acids is 1. The Kier molecular flexibility index (Phi) is 2.81. The maximum atomic E-state index is 12.9. The van der Waals surface area contributed by atoms with E-state index < -0.39 is 0 Å². The molecule has 3 aromatic rings. The molecule has 1 aliphatic rings. The average molecular weight is 310 g/mol. The van der Waals surface area contributed by atoms with E-state index in [1.807, 2.05) is 35.0 Å². The Morgan fingerprint density at radius 3 is 2.74 bits per heavy atom. The van der Waals surface area contributed by atoms with E-state index in [4.69, 9.17) is 0 Å². The largest absolute Gasteiger partial charge is 0.336 e. The molecule has 0 bridgehead atoms. The topological polar surface area (TPSA) is 68.3 Å². The molecule has 0 spiro atoms. The quantitative estimate of drug-likeness (QED) is 0.722. The molecule has 1 saturated heterocycles. The minimum atomic E-state index is -0.0807. The zero-order chi connectivity index (χ0) is 16.2. The SMILES string of the molecule is Cn1ccnc1C1N(C(=O)c2cn3cccnc3n2)CC1(C)C. The first kappa shape index (κ1) is 13.9. The van der Waals surface area contributed by atoms with Crippen LogP contribution in [-0.4, -0.2) is 41.3 Å². The van der Waals surface area contributed by atoms with Crippen LogP contribution in [-0.2, 0) is 7.05 Å². The number of carbonyl (C=O) groups is 1. The van der Waals surface area contributed by atoms with Crippen LogP contribution in [0, 0.1) is 5.41 Å². The third kappa shape index (κ3) is 2.03. The van der Waals surface area contributed by atoms with Crippen molar-refractivity contribution >= 4 is 11.7 Å². The normalized spacial score (nSPS) is 19.8. The zero-order valence-corrected chi connectivity index (χ0v) is 13.3. The highest BCUT2D eigenvalue weighted by atomic mass is 16.2. The fraction of sp³-hybridized carbons (Fsp3) is 0.375. The Morgan fingerprint density at radius 1 is 1.26 bits per heavy atom. The van der Waals surface area contributed by atoms with Gasteiger partial charge < -0.3 is 9.47 Å². The highest BCUT2D eigenvalue weighted by molar-refractivity contribution is 5.93. The van der Waals surface area contributed by atoms with Crippen molar-refractivity contribution in [3.63, 3.8) is 0 Å². The Labute approximate surface area is 133 Å². The van der Waals surface area contributed by atoms with E-state index in [-0.39, 0.29) is 17.4 Å². The molecule has 0 N–H and O–H groups in total. The predicted molar refractivity (Wildman–Crippen MR) is 83.8 cm³/mol. The smallest absolute Gasteiger partial charge is 0.274 e. The Morgan fingerprint density at radius 2 is 2.09 bits per heavy atom. The first-order valence-corrected chi connectivity index (χ1v) is 7.55. The second-order valence-corrected chi connectivity index (χ2v) is 6.67. The second-order valence-electron chi connectivity index (χ2n) is 6.67. The number of aryl methyl sites for hydroxylation is 1. The molecule has 118 valence electrons. The zero-order valence-electron chi connectivity index (χ0n) is 13.3. The lowest BCUT2D eigenvalue weighted by molar-refractivity contribution is -0.0378. The van der Waals surface area contributed by atoms with Crippen LogP contribution in [0.3, 0.4) is 0 Å². The lowest BCUT2D eigenvalue weighted by Gasteiger charge is -2.53. The van der Waals surface area contributed by atoms with Crippen LogP contribution < -0.4 is 0 Å². The number of hydrogen-bond donors (Lipinski definition) is 0. The van der Waals surface area contributed by atoms with Crippen molar-refractivity contribution in [2.75, 3.05) is 6.54 Å². The molecular formula is C16H18N6O. The minimum Gasteiger partial charge on any atom is -0.336 e. The van der Waals surface area contributed by atoms with Crippen LogP contribution in [0.15, 0.2) is 37.1 Å². The highest BCUT2D eigenvalue weighted by Gasteiger charge is 2.51. The van der Waals surface area contributed by atoms with Gasteiger partial charge in [0.05, 0.1) is 6.04 Å². The number of imidazole rings is 2. The van der Waals surface area contributed by atoms with Crippen molar-refractivity contribution in [2.45, 2.75) is 19.9 Å². The number of amides is 1. The molecule has 0 radical (unpaired) electrons. The van der Waals surface area contributed by atoms with Crippen molar-refractivity contribution in [3.8, 4) is 0 Å². The molecule has 7 heteroatoms. The van der Waals surface area contributed by atoms with Crippen molar-refractivity contribution in [1.82, 2.24) is 28.8 Å². The van der Waals surface area contributed by atoms with Gasteiger partial charge in [-0.15, -0.1) is 0 Å². The average Bonchev–Trinajstić information content (AvgIpc) is 3.11. The number of aromatic nitrogens is 5. The summed E-state index contributed by atoms with van der Waals surface area (Å²) in [5.41, 5.74) is 0.407. The number of hydrogen-bond acceptors (Lipinski definition) is 4. The first-order valence-electron chi connectivity index (χ1n) is 7.55.